The molecule has 3 nitrogen and oxygen atoms in total. The Hall–Kier alpha value is -0.700. The zero-order valence-corrected chi connectivity index (χ0v) is 6.70. The van der Waals surface area contributed by atoms with E-state index in [4.69, 9.17) is 16.3 Å². The van der Waals surface area contributed by atoms with Gasteiger partial charge < -0.3 is 4.74 Å². The molecule has 1 aromatic rings. The largest absolute Gasteiger partial charge is 0.476 e. The number of aromatic amines is 1. The minimum absolute atomic E-state index is 0.488. The maximum absolute atomic E-state index is 5.77. The van der Waals surface area contributed by atoms with Crippen LogP contribution < -0.4 is 4.74 Å². The molecule has 0 spiro atoms. The van der Waals surface area contributed by atoms with Crippen molar-refractivity contribution in [2.75, 3.05) is 6.61 Å². The fraction of sp³-hybridized carbons (Fsp3) is 0.500. The van der Waals surface area contributed by atoms with Crippen LogP contribution in [0.25, 0.3) is 0 Å². The van der Waals surface area contributed by atoms with E-state index in [0.29, 0.717) is 17.5 Å². The molecule has 1 heterocycles. The maximum atomic E-state index is 5.77. The molecule has 0 bridgehead atoms. The molecule has 4 heteroatoms. The van der Waals surface area contributed by atoms with Crippen molar-refractivity contribution in [2.24, 2.45) is 0 Å². The molecule has 0 aliphatic rings. The van der Waals surface area contributed by atoms with Crippen molar-refractivity contribution in [3.8, 4) is 5.88 Å². The van der Waals surface area contributed by atoms with Gasteiger partial charge in [0.05, 0.1) is 12.3 Å². The Morgan fingerprint density at radius 3 is 2.80 bits per heavy atom. The highest BCUT2D eigenvalue weighted by atomic mass is 35.5. The number of aromatic nitrogens is 2. The Morgan fingerprint density at radius 1 is 1.70 bits per heavy atom. The van der Waals surface area contributed by atoms with Crippen molar-refractivity contribution >= 4 is 11.6 Å². The van der Waals surface area contributed by atoms with E-state index in [1.54, 1.807) is 0 Å². The first-order chi connectivity index (χ1) is 4.75. The summed E-state index contributed by atoms with van der Waals surface area (Å²) in [6, 6.07) is 0. The summed E-state index contributed by atoms with van der Waals surface area (Å²) in [6.07, 6.45) is 0. The molecule has 0 saturated heterocycles. The van der Waals surface area contributed by atoms with E-state index in [2.05, 4.69) is 10.2 Å². The van der Waals surface area contributed by atoms with Gasteiger partial charge >= 0.3 is 0 Å². The first kappa shape index (κ1) is 7.41. The Kier molecular flexibility index (Phi) is 2.17. The fourth-order valence-corrected chi connectivity index (χ4v) is 0.765. The summed E-state index contributed by atoms with van der Waals surface area (Å²) in [6.45, 7) is 4.32. The molecular formula is C6H9ClN2O. The zero-order valence-electron chi connectivity index (χ0n) is 5.94. The van der Waals surface area contributed by atoms with Crippen molar-refractivity contribution in [2.45, 2.75) is 13.8 Å². The topological polar surface area (TPSA) is 37.9 Å². The lowest BCUT2D eigenvalue weighted by Crippen LogP contribution is -1.91. The van der Waals surface area contributed by atoms with Crippen LogP contribution in [0.2, 0.25) is 5.02 Å². The van der Waals surface area contributed by atoms with Crippen molar-refractivity contribution < 1.29 is 4.74 Å². The predicted octanol–water partition coefficient (Wildman–Crippen LogP) is 1.77. The van der Waals surface area contributed by atoms with Gasteiger partial charge in [0.25, 0.3) is 5.88 Å². The smallest absolute Gasteiger partial charge is 0.251 e. The summed E-state index contributed by atoms with van der Waals surface area (Å²) in [5, 5.41) is 7.11. The number of halogens is 1. The fourth-order valence-electron chi connectivity index (χ4n) is 0.626. The van der Waals surface area contributed by atoms with Gasteiger partial charge in [-0.3, -0.25) is 5.10 Å². The van der Waals surface area contributed by atoms with Gasteiger partial charge in [0.2, 0.25) is 0 Å². The van der Waals surface area contributed by atoms with Gasteiger partial charge in [0.15, 0.2) is 0 Å². The third-order valence-electron chi connectivity index (χ3n) is 1.12. The standard InChI is InChI=1S/C6H9ClN2O/c1-3-10-6-5(7)4(2)8-9-6/h3H2,1-2H3,(H,8,9). The lowest BCUT2D eigenvalue weighted by atomic mass is 10.5. The van der Waals surface area contributed by atoms with Crippen molar-refractivity contribution in [1.82, 2.24) is 10.2 Å². The van der Waals surface area contributed by atoms with Crippen LogP contribution in [0.5, 0.6) is 5.88 Å². The predicted molar refractivity (Wildman–Crippen MR) is 39.5 cm³/mol. The number of aryl methyl sites for hydroxylation is 1. The van der Waals surface area contributed by atoms with Crippen molar-refractivity contribution in [3.63, 3.8) is 0 Å². The van der Waals surface area contributed by atoms with E-state index in [-0.39, 0.29) is 0 Å². The Bertz CT molecular complexity index is 222. The SMILES string of the molecule is CCOc1n[nH]c(C)c1Cl. The molecular weight excluding hydrogens is 152 g/mol. The van der Waals surface area contributed by atoms with Gasteiger partial charge in [-0.1, -0.05) is 11.6 Å². The summed E-state index contributed by atoms with van der Waals surface area (Å²) in [4.78, 5) is 0. The van der Waals surface area contributed by atoms with Gasteiger partial charge in [-0.05, 0) is 13.8 Å². The number of hydrogen-bond donors (Lipinski definition) is 1. The van der Waals surface area contributed by atoms with Crippen LogP contribution in [0.4, 0.5) is 0 Å². The van der Waals surface area contributed by atoms with Gasteiger partial charge in [0.1, 0.15) is 5.02 Å². The average Bonchev–Trinajstić information content (AvgIpc) is 2.20. The molecule has 1 aromatic heterocycles. The number of ether oxygens (including phenoxy) is 1. The minimum Gasteiger partial charge on any atom is -0.476 e. The van der Waals surface area contributed by atoms with Gasteiger partial charge in [-0.25, -0.2) is 0 Å². The second-order valence-corrected chi connectivity index (χ2v) is 2.28. The average molecular weight is 161 g/mol. The van der Waals surface area contributed by atoms with Gasteiger partial charge in [-0.2, -0.15) is 0 Å². The third kappa shape index (κ3) is 1.24. The summed E-state index contributed by atoms with van der Waals surface area (Å²) in [5.74, 6) is 0.488. The number of rotatable bonds is 2. The molecule has 0 unspecified atom stereocenters. The Labute approximate surface area is 64.3 Å². The van der Waals surface area contributed by atoms with E-state index < -0.39 is 0 Å². The number of nitrogens with one attached hydrogen (secondary N) is 1. The molecule has 1 N–H and O–H groups in total. The maximum Gasteiger partial charge on any atom is 0.251 e. The first-order valence-corrected chi connectivity index (χ1v) is 3.46. The molecule has 0 atom stereocenters. The summed E-state index contributed by atoms with van der Waals surface area (Å²) >= 11 is 5.77. The third-order valence-corrected chi connectivity index (χ3v) is 1.57. The normalized spacial score (nSPS) is 9.90. The molecule has 56 valence electrons. The Balaban J connectivity index is 2.83. The van der Waals surface area contributed by atoms with Crippen LogP contribution in [0, 0.1) is 6.92 Å². The quantitative estimate of drug-likeness (QED) is 0.716. The minimum atomic E-state index is 0.488. The second kappa shape index (κ2) is 2.92. The zero-order chi connectivity index (χ0) is 7.56. The first-order valence-electron chi connectivity index (χ1n) is 3.09. The second-order valence-electron chi connectivity index (χ2n) is 1.90. The molecule has 0 fully saturated rings. The van der Waals surface area contributed by atoms with Crippen LogP contribution in [-0.4, -0.2) is 16.8 Å². The highest BCUT2D eigenvalue weighted by Gasteiger charge is 2.06. The van der Waals surface area contributed by atoms with Crippen molar-refractivity contribution in [1.29, 1.82) is 0 Å². The molecule has 0 radical (unpaired) electrons. The van der Waals surface area contributed by atoms with E-state index >= 15 is 0 Å². The van der Waals surface area contributed by atoms with Gasteiger partial charge in [-0.15, -0.1) is 5.10 Å². The molecule has 1 rings (SSSR count). The van der Waals surface area contributed by atoms with Crippen LogP contribution in [0.15, 0.2) is 0 Å². The molecule has 0 aliphatic heterocycles. The highest BCUT2D eigenvalue weighted by Crippen LogP contribution is 2.23. The monoisotopic (exact) mass is 160 g/mol. The lowest BCUT2D eigenvalue weighted by Gasteiger charge is -1.95. The Morgan fingerprint density at radius 2 is 2.40 bits per heavy atom. The number of hydrogen-bond acceptors (Lipinski definition) is 2. The van der Waals surface area contributed by atoms with E-state index in [9.17, 15) is 0 Å². The van der Waals surface area contributed by atoms with E-state index in [0.717, 1.165) is 5.69 Å². The number of nitrogens with zero attached hydrogens (tertiary/aromatic N) is 1. The summed E-state index contributed by atoms with van der Waals surface area (Å²) in [7, 11) is 0. The van der Waals surface area contributed by atoms with E-state index in [1.165, 1.54) is 0 Å². The molecule has 10 heavy (non-hydrogen) atoms. The van der Waals surface area contributed by atoms with Gasteiger partial charge in [0, 0.05) is 0 Å². The van der Waals surface area contributed by atoms with Crippen molar-refractivity contribution in [3.05, 3.63) is 10.7 Å². The van der Waals surface area contributed by atoms with E-state index in [1.807, 2.05) is 13.8 Å². The van der Waals surface area contributed by atoms with Crippen LogP contribution in [0.1, 0.15) is 12.6 Å². The van der Waals surface area contributed by atoms with Crippen LogP contribution in [0.3, 0.4) is 0 Å². The molecule has 0 aromatic carbocycles. The summed E-state index contributed by atoms with van der Waals surface area (Å²) < 4.78 is 5.08. The lowest BCUT2D eigenvalue weighted by molar-refractivity contribution is 0.326. The van der Waals surface area contributed by atoms with Crippen LogP contribution >= 0.6 is 11.6 Å². The van der Waals surface area contributed by atoms with Crippen LogP contribution in [-0.2, 0) is 0 Å². The molecule has 0 saturated carbocycles. The molecule has 0 aliphatic carbocycles. The highest BCUT2D eigenvalue weighted by molar-refractivity contribution is 6.32. The summed E-state index contributed by atoms with van der Waals surface area (Å²) in [5.41, 5.74) is 0.838. The molecule has 0 amide bonds. The number of H-pyrrole nitrogens is 1.